The minimum atomic E-state index is 0.712. The van der Waals surface area contributed by atoms with Gasteiger partial charge >= 0.3 is 0 Å². The molecule has 0 N–H and O–H groups in total. The lowest BCUT2D eigenvalue weighted by molar-refractivity contribution is 0.275. The van der Waals surface area contributed by atoms with Crippen LogP contribution in [0.25, 0.3) is 0 Å². The van der Waals surface area contributed by atoms with Crippen molar-refractivity contribution in [3.63, 3.8) is 0 Å². The van der Waals surface area contributed by atoms with E-state index in [0.29, 0.717) is 5.92 Å². The van der Waals surface area contributed by atoms with E-state index in [1.54, 1.807) is 6.33 Å². The van der Waals surface area contributed by atoms with Crippen molar-refractivity contribution in [3.05, 3.63) is 53.4 Å². The molecule has 0 atom stereocenters. The van der Waals surface area contributed by atoms with Gasteiger partial charge in [0.25, 0.3) is 0 Å². The number of pyridine rings is 1. The first kappa shape index (κ1) is 12.9. The molecule has 4 heteroatoms. The summed E-state index contributed by atoms with van der Waals surface area (Å²) >= 11 is 0. The van der Waals surface area contributed by atoms with Gasteiger partial charge in [-0.15, -0.1) is 0 Å². The van der Waals surface area contributed by atoms with Crippen molar-refractivity contribution >= 4 is 0 Å². The summed E-state index contributed by atoms with van der Waals surface area (Å²) in [4.78, 5) is 16.0. The van der Waals surface area contributed by atoms with Crippen LogP contribution in [0, 0.1) is 0 Å². The lowest BCUT2D eigenvalue weighted by atomic mass is 10.0. The summed E-state index contributed by atoms with van der Waals surface area (Å²) in [6.07, 6.45) is 8.36. The van der Waals surface area contributed by atoms with Crippen molar-refractivity contribution in [3.8, 4) is 0 Å². The van der Waals surface area contributed by atoms with Gasteiger partial charge in [0.1, 0.15) is 6.33 Å². The van der Waals surface area contributed by atoms with Crippen molar-refractivity contribution in [2.45, 2.75) is 38.1 Å². The third-order valence-corrected chi connectivity index (χ3v) is 4.49. The SMILES string of the molecule is c1ccc(CN2CCc3ncnc(C4CC4)c3CC2)nc1. The average molecular weight is 280 g/mol. The molecule has 4 nitrogen and oxygen atoms in total. The summed E-state index contributed by atoms with van der Waals surface area (Å²) in [7, 11) is 0. The van der Waals surface area contributed by atoms with Crippen LogP contribution in [0.5, 0.6) is 0 Å². The fourth-order valence-corrected chi connectivity index (χ4v) is 3.19. The van der Waals surface area contributed by atoms with Crippen LogP contribution < -0.4 is 0 Å². The number of fused-ring (bicyclic) bond motifs is 1. The van der Waals surface area contributed by atoms with Crippen LogP contribution in [0.3, 0.4) is 0 Å². The first-order valence-corrected chi connectivity index (χ1v) is 7.85. The molecule has 3 heterocycles. The highest BCUT2D eigenvalue weighted by Gasteiger charge is 2.29. The molecule has 0 radical (unpaired) electrons. The Kier molecular flexibility index (Phi) is 3.39. The van der Waals surface area contributed by atoms with E-state index in [2.05, 4.69) is 32.0 Å². The van der Waals surface area contributed by atoms with E-state index in [-0.39, 0.29) is 0 Å². The van der Waals surface area contributed by atoms with Crippen LogP contribution >= 0.6 is 0 Å². The molecular weight excluding hydrogens is 260 g/mol. The van der Waals surface area contributed by atoms with Gasteiger partial charge in [-0.05, 0) is 37.0 Å². The molecule has 0 spiro atoms. The van der Waals surface area contributed by atoms with E-state index < -0.39 is 0 Å². The Labute approximate surface area is 125 Å². The second-order valence-electron chi connectivity index (χ2n) is 6.06. The smallest absolute Gasteiger partial charge is 0.115 e. The standard InChI is InChI=1S/C17H20N4/c1-2-8-18-14(3-1)11-21-9-6-15-16(7-10-21)19-12-20-17(15)13-4-5-13/h1-3,8,12-13H,4-7,9-11H2. The van der Waals surface area contributed by atoms with Crippen LogP contribution in [0.2, 0.25) is 0 Å². The number of hydrogen-bond donors (Lipinski definition) is 0. The molecule has 0 unspecified atom stereocenters. The third kappa shape index (κ3) is 2.81. The summed E-state index contributed by atoms with van der Waals surface area (Å²) in [6, 6.07) is 6.14. The van der Waals surface area contributed by atoms with Crippen LogP contribution in [0.4, 0.5) is 0 Å². The van der Waals surface area contributed by atoms with E-state index in [9.17, 15) is 0 Å². The summed E-state index contributed by atoms with van der Waals surface area (Å²) in [6.45, 7) is 3.07. The van der Waals surface area contributed by atoms with Gasteiger partial charge < -0.3 is 0 Å². The Bertz CT molecular complexity index is 622. The highest BCUT2D eigenvalue weighted by atomic mass is 15.1. The maximum absolute atomic E-state index is 4.56. The predicted octanol–water partition coefficient (Wildman–Crippen LogP) is 2.35. The molecule has 2 aromatic heterocycles. The summed E-state index contributed by atoms with van der Waals surface area (Å²) in [5, 5.41) is 0. The molecule has 1 aliphatic heterocycles. The Morgan fingerprint density at radius 2 is 1.95 bits per heavy atom. The maximum atomic E-state index is 4.56. The van der Waals surface area contributed by atoms with E-state index in [1.165, 1.54) is 29.8 Å². The molecular formula is C17H20N4. The minimum absolute atomic E-state index is 0.712. The van der Waals surface area contributed by atoms with Crippen molar-refractivity contribution in [2.24, 2.45) is 0 Å². The van der Waals surface area contributed by atoms with Crippen LogP contribution in [0.15, 0.2) is 30.7 Å². The van der Waals surface area contributed by atoms with Crippen LogP contribution in [-0.2, 0) is 19.4 Å². The lowest BCUT2D eigenvalue weighted by Gasteiger charge is -2.18. The topological polar surface area (TPSA) is 41.9 Å². The van der Waals surface area contributed by atoms with E-state index in [1.807, 2.05) is 12.3 Å². The minimum Gasteiger partial charge on any atom is -0.297 e. The monoisotopic (exact) mass is 280 g/mol. The van der Waals surface area contributed by atoms with Gasteiger partial charge in [-0.25, -0.2) is 9.97 Å². The van der Waals surface area contributed by atoms with Gasteiger partial charge in [0.05, 0.1) is 11.4 Å². The van der Waals surface area contributed by atoms with Crippen LogP contribution in [-0.4, -0.2) is 32.9 Å². The van der Waals surface area contributed by atoms with Gasteiger partial charge in [-0.3, -0.25) is 9.88 Å². The molecule has 0 saturated heterocycles. The van der Waals surface area contributed by atoms with Gasteiger partial charge in [0.15, 0.2) is 0 Å². The van der Waals surface area contributed by atoms with Gasteiger partial charge in [0.2, 0.25) is 0 Å². The lowest BCUT2D eigenvalue weighted by Crippen LogP contribution is -2.26. The zero-order valence-electron chi connectivity index (χ0n) is 12.2. The molecule has 0 amide bonds. The van der Waals surface area contributed by atoms with Crippen molar-refractivity contribution in [2.75, 3.05) is 13.1 Å². The molecule has 21 heavy (non-hydrogen) atoms. The van der Waals surface area contributed by atoms with Gasteiger partial charge in [-0.2, -0.15) is 0 Å². The molecule has 2 aromatic rings. The molecule has 1 fully saturated rings. The first-order chi connectivity index (χ1) is 10.4. The first-order valence-electron chi connectivity index (χ1n) is 7.85. The number of hydrogen-bond acceptors (Lipinski definition) is 4. The summed E-state index contributed by atoms with van der Waals surface area (Å²) in [5.41, 5.74) is 5.19. The predicted molar refractivity (Wildman–Crippen MR) is 80.9 cm³/mol. The molecule has 0 aromatic carbocycles. The molecule has 2 aliphatic rings. The van der Waals surface area contributed by atoms with Crippen molar-refractivity contribution < 1.29 is 0 Å². The maximum Gasteiger partial charge on any atom is 0.115 e. The zero-order valence-corrected chi connectivity index (χ0v) is 12.2. The van der Waals surface area contributed by atoms with Gasteiger partial charge in [-0.1, -0.05) is 6.07 Å². The second kappa shape index (κ2) is 5.53. The Balaban J connectivity index is 1.51. The molecule has 1 saturated carbocycles. The Morgan fingerprint density at radius 3 is 2.76 bits per heavy atom. The fraction of sp³-hybridized carbons (Fsp3) is 0.471. The van der Waals surface area contributed by atoms with E-state index in [4.69, 9.17) is 0 Å². The van der Waals surface area contributed by atoms with Gasteiger partial charge in [0, 0.05) is 43.9 Å². The summed E-state index contributed by atoms with van der Waals surface area (Å²) in [5.74, 6) is 0.712. The third-order valence-electron chi connectivity index (χ3n) is 4.49. The summed E-state index contributed by atoms with van der Waals surface area (Å²) < 4.78 is 0. The number of rotatable bonds is 3. The largest absolute Gasteiger partial charge is 0.297 e. The molecule has 0 bridgehead atoms. The molecule has 108 valence electrons. The Hall–Kier alpha value is -1.81. The second-order valence-corrected chi connectivity index (χ2v) is 6.06. The average Bonchev–Trinajstić information content (AvgIpc) is 3.36. The van der Waals surface area contributed by atoms with Crippen LogP contribution in [0.1, 0.15) is 41.4 Å². The fourth-order valence-electron chi connectivity index (χ4n) is 3.19. The molecule has 1 aliphatic carbocycles. The zero-order chi connectivity index (χ0) is 14.1. The Morgan fingerprint density at radius 1 is 1.05 bits per heavy atom. The van der Waals surface area contributed by atoms with Crippen molar-refractivity contribution in [1.29, 1.82) is 0 Å². The van der Waals surface area contributed by atoms with E-state index >= 15 is 0 Å². The highest BCUT2D eigenvalue weighted by Crippen LogP contribution is 2.41. The number of aromatic nitrogens is 3. The van der Waals surface area contributed by atoms with Crippen molar-refractivity contribution in [1.82, 2.24) is 19.9 Å². The quantitative estimate of drug-likeness (QED) is 0.865. The molecule has 4 rings (SSSR count). The number of nitrogens with zero attached hydrogens (tertiary/aromatic N) is 4. The normalized spacial score (nSPS) is 19.0. The highest BCUT2D eigenvalue weighted by molar-refractivity contribution is 5.31. The van der Waals surface area contributed by atoms with E-state index in [0.717, 1.165) is 38.2 Å².